The fraction of sp³-hybridized carbons (Fsp3) is 0.0455. The number of fused-ring (bicyclic) bond motifs is 1. The van der Waals surface area contributed by atoms with Crippen LogP contribution in [0.15, 0.2) is 72.8 Å². The Hall–Kier alpha value is -4.51. The highest BCUT2D eigenvalue weighted by Crippen LogP contribution is 2.23. The van der Waals surface area contributed by atoms with Crippen molar-refractivity contribution in [3.63, 3.8) is 0 Å². The highest BCUT2D eigenvalue weighted by Gasteiger charge is 2.25. The summed E-state index contributed by atoms with van der Waals surface area (Å²) in [7, 11) is 0. The Balaban J connectivity index is 1.62. The molecule has 5 rings (SSSR count). The zero-order chi connectivity index (χ0) is 22.9. The number of nitro groups is 1. The van der Waals surface area contributed by atoms with Crippen molar-refractivity contribution in [2.24, 2.45) is 0 Å². The highest BCUT2D eigenvalue weighted by molar-refractivity contribution is 7.20. The van der Waals surface area contributed by atoms with Gasteiger partial charge in [-0.05, 0) is 63.2 Å². The summed E-state index contributed by atoms with van der Waals surface area (Å²) in [6, 6.07) is 21.0. The molecule has 5 aromatic rings. The van der Waals surface area contributed by atoms with Crippen molar-refractivity contribution in [1.29, 1.82) is 0 Å². The van der Waals surface area contributed by atoms with Crippen LogP contribution in [0.2, 0.25) is 0 Å². The molecule has 11 heteroatoms. The fourth-order valence-electron chi connectivity index (χ4n) is 3.25. The molecular weight excluding hydrogens is 442 g/mol. The number of aromatic nitrogens is 5. The van der Waals surface area contributed by atoms with Crippen LogP contribution in [0.5, 0.6) is 0 Å². The van der Waals surface area contributed by atoms with Crippen molar-refractivity contribution in [3.8, 4) is 22.2 Å². The minimum Gasteiger partial charge on any atom is -0.326 e. The predicted molar refractivity (Wildman–Crippen MR) is 122 cm³/mol. The lowest BCUT2D eigenvalue weighted by molar-refractivity contribution is -0.734. The normalized spacial score (nSPS) is 10.9. The Morgan fingerprint density at radius 2 is 1.79 bits per heavy atom. The van der Waals surface area contributed by atoms with Gasteiger partial charge in [-0.1, -0.05) is 28.5 Å². The number of para-hydroxylation sites is 1. The van der Waals surface area contributed by atoms with Gasteiger partial charge in [0.1, 0.15) is 5.69 Å². The molecule has 0 fully saturated rings. The van der Waals surface area contributed by atoms with E-state index in [1.165, 1.54) is 30.4 Å². The van der Waals surface area contributed by atoms with Gasteiger partial charge in [0.15, 0.2) is 5.52 Å². The first-order chi connectivity index (χ1) is 16.0. The molecule has 33 heavy (non-hydrogen) atoms. The van der Waals surface area contributed by atoms with Crippen molar-refractivity contribution in [2.75, 3.05) is 5.32 Å². The number of hydrogen-bond acceptors (Lipinski definition) is 7. The van der Waals surface area contributed by atoms with Gasteiger partial charge in [0, 0.05) is 35.4 Å². The van der Waals surface area contributed by atoms with Gasteiger partial charge < -0.3 is 5.32 Å². The quantitative estimate of drug-likeness (QED) is 0.244. The summed E-state index contributed by atoms with van der Waals surface area (Å²) in [4.78, 5) is 29.7. The van der Waals surface area contributed by atoms with Gasteiger partial charge in [-0.3, -0.25) is 14.9 Å². The minimum atomic E-state index is -0.450. The van der Waals surface area contributed by atoms with Crippen LogP contribution in [0.3, 0.4) is 0 Å². The first kappa shape index (κ1) is 20.4. The smallest absolute Gasteiger partial charge is 0.326 e. The SMILES string of the molecule is CC(=O)Nc1ccc(-c2nn(-c3ccc([N+](=O)[O-])cc3)[n+](-c3nc4ccccc4s3)n2)cc1. The molecule has 0 unspecified atom stereocenters. The van der Waals surface area contributed by atoms with E-state index in [-0.39, 0.29) is 11.6 Å². The third-order valence-electron chi connectivity index (χ3n) is 4.77. The Morgan fingerprint density at radius 1 is 1.06 bits per heavy atom. The fourth-order valence-corrected chi connectivity index (χ4v) is 4.16. The lowest BCUT2D eigenvalue weighted by Gasteiger charge is -2.00. The third kappa shape index (κ3) is 4.04. The second kappa shape index (κ2) is 8.20. The van der Waals surface area contributed by atoms with E-state index in [1.54, 1.807) is 33.9 Å². The number of tetrazole rings is 1. The maximum absolute atomic E-state index is 11.3. The van der Waals surface area contributed by atoms with E-state index >= 15 is 0 Å². The molecule has 0 saturated carbocycles. The van der Waals surface area contributed by atoms with E-state index in [4.69, 9.17) is 0 Å². The number of nitrogens with one attached hydrogen (secondary N) is 1. The van der Waals surface area contributed by atoms with Crippen LogP contribution in [-0.4, -0.2) is 30.8 Å². The van der Waals surface area contributed by atoms with E-state index in [9.17, 15) is 14.9 Å². The number of hydrogen-bond donors (Lipinski definition) is 1. The number of thiazole rings is 1. The molecule has 0 atom stereocenters. The molecule has 0 aliphatic heterocycles. The summed E-state index contributed by atoms with van der Waals surface area (Å²) in [6.07, 6.45) is 0. The molecule has 2 heterocycles. The summed E-state index contributed by atoms with van der Waals surface area (Å²) in [5, 5.41) is 23.7. The molecule has 2 aromatic heterocycles. The lowest BCUT2D eigenvalue weighted by atomic mass is 10.2. The molecule has 1 N–H and O–H groups in total. The first-order valence-electron chi connectivity index (χ1n) is 9.86. The molecule has 0 aliphatic rings. The van der Waals surface area contributed by atoms with Gasteiger partial charge in [-0.25, -0.2) is 0 Å². The van der Waals surface area contributed by atoms with E-state index < -0.39 is 4.92 Å². The Morgan fingerprint density at radius 3 is 2.45 bits per heavy atom. The molecular formula is C22H16N7O3S+. The molecule has 0 radical (unpaired) electrons. The van der Waals surface area contributed by atoms with Crippen molar-refractivity contribution in [3.05, 3.63) is 82.9 Å². The van der Waals surface area contributed by atoms with E-state index in [1.807, 2.05) is 36.4 Å². The molecule has 0 spiro atoms. The van der Waals surface area contributed by atoms with Crippen LogP contribution in [-0.2, 0) is 4.79 Å². The minimum absolute atomic E-state index is 0.0146. The second-order valence-electron chi connectivity index (χ2n) is 7.10. The van der Waals surface area contributed by atoms with Gasteiger partial charge in [0.2, 0.25) is 5.91 Å². The van der Waals surface area contributed by atoms with Crippen LogP contribution < -0.4 is 10.1 Å². The summed E-state index contributed by atoms with van der Waals surface area (Å²) in [5.74, 6) is 0.277. The molecule has 10 nitrogen and oxygen atoms in total. The number of nitro benzene ring substituents is 1. The molecule has 1 amide bonds. The maximum atomic E-state index is 11.3. The number of nitrogens with zero attached hydrogens (tertiary/aromatic N) is 6. The van der Waals surface area contributed by atoms with Gasteiger partial charge in [0.25, 0.3) is 11.5 Å². The maximum Gasteiger partial charge on any atom is 0.365 e. The van der Waals surface area contributed by atoms with Crippen molar-refractivity contribution in [2.45, 2.75) is 6.92 Å². The third-order valence-corrected chi connectivity index (χ3v) is 5.77. The van der Waals surface area contributed by atoms with Crippen molar-refractivity contribution in [1.82, 2.24) is 20.0 Å². The topological polar surface area (TPSA) is 120 Å². The van der Waals surface area contributed by atoms with Crippen molar-refractivity contribution < 1.29 is 14.5 Å². The van der Waals surface area contributed by atoms with Crippen LogP contribution in [0.4, 0.5) is 11.4 Å². The van der Waals surface area contributed by atoms with Gasteiger partial charge in [0.05, 0.1) is 9.62 Å². The number of anilines is 1. The summed E-state index contributed by atoms with van der Waals surface area (Å²) >= 11 is 1.46. The lowest BCUT2D eigenvalue weighted by Crippen LogP contribution is -2.43. The zero-order valence-electron chi connectivity index (χ0n) is 17.2. The second-order valence-corrected chi connectivity index (χ2v) is 8.11. The Bertz CT molecular complexity index is 1460. The molecule has 0 aliphatic carbocycles. The predicted octanol–water partition coefficient (Wildman–Crippen LogP) is 3.69. The Kier molecular flexibility index (Phi) is 5.07. The summed E-state index contributed by atoms with van der Waals surface area (Å²) < 4.78 is 0.999. The van der Waals surface area contributed by atoms with Crippen LogP contribution in [0, 0.1) is 10.1 Å². The standard InChI is InChI=1S/C22H15N7O3S/c1-14(30)23-16-8-6-15(7-9-16)21-25-27(17-10-12-18(13-11-17)29(31)32)28(26-21)22-24-19-4-2-3-5-20(19)33-22/h2-13H,1H3/p+1. The van der Waals surface area contributed by atoms with Crippen LogP contribution >= 0.6 is 11.3 Å². The van der Waals surface area contributed by atoms with E-state index in [0.717, 1.165) is 15.8 Å². The molecule has 162 valence electrons. The number of non-ortho nitro benzene ring substituents is 1. The number of amides is 1. The molecule has 0 saturated heterocycles. The van der Waals surface area contributed by atoms with Gasteiger partial charge in [-0.2, -0.15) is 0 Å². The number of carbonyl (C=O) groups is 1. The average Bonchev–Trinajstić information content (AvgIpc) is 3.44. The van der Waals surface area contributed by atoms with Gasteiger partial charge in [-0.15, -0.1) is 0 Å². The largest absolute Gasteiger partial charge is 0.365 e. The summed E-state index contributed by atoms with van der Waals surface area (Å²) in [5.41, 5.74) is 2.82. The van der Waals surface area contributed by atoms with Crippen LogP contribution in [0.25, 0.3) is 32.4 Å². The van der Waals surface area contributed by atoms with Gasteiger partial charge >= 0.3 is 5.13 Å². The molecule has 3 aromatic carbocycles. The number of carbonyl (C=O) groups excluding carboxylic acids is 1. The number of benzene rings is 3. The Labute approximate surface area is 190 Å². The number of rotatable bonds is 5. The highest BCUT2D eigenvalue weighted by atomic mass is 32.1. The zero-order valence-corrected chi connectivity index (χ0v) is 18.1. The van der Waals surface area contributed by atoms with E-state index in [2.05, 4.69) is 20.5 Å². The average molecular weight is 458 g/mol. The van der Waals surface area contributed by atoms with Crippen LogP contribution in [0.1, 0.15) is 6.92 Å². The monoisotopic (exact) mass is 458 g/mol. The summed E-state index contributed by atoms with van der Waals surface area (Å²) in [6.45, 7) is 1.45. The first-order valence-corrected chi connectivity index (χ1v) is 10.7. The molecule has 0 bridgehead atoms. The van der Waals surface area contributed by atoms with E-state index in [0.29, 0.717) is 22.3 Å². The van der Waals surface area contributed by atoms with Crippen molar-refractivity contribution >= 4 is 38.8 Å².